The monoisotopic (exact) mass is 469 g/mol. The predicted molar refractivity (Wildman–Crippen MR) is 80.5 cm³/mol. The van der Waals surface area contributed by atoms with Gasteiger partial charge in [0.15, 0.2) is 10.6 Å². The van der Waals surface area contributed by atoms with Crippen LogP contribution in [0.5, 0.6) is 0 Å². The van der Waals surface area contributed by atoms with Crippen LogP contribution in [0.1, 0.15) is 11.3 Å². The predicted octanol–water partition coefficient (Wildman–Crippen LogP) is 3.59. The molecule has 152 valence electrons. The zero-order valence-corrected chi connectivity index (χ0v) is 14.9. The normalized spacial score (nSPS) is 12.8. The molecule has 0 spiro atoms. The average Bonchev–Trinajstić information content (AvgIpc) is 2.80. The van der Waals surface area contributed by atoms with Gasteiger partial charge < -0.3 is 0 Å². The Hall–Kier alpha value is -2.21. The molecule has 0 aliphatic carbocycles. The van der Waals surface area contributed by atoms with Crippen LogP contribution < -0.4 is 5.56 Å². The molecule has 0 fully saturated rings. The average molecular weight is 470 g/mol. The van der Waals surface area contributed by atoms with Crippen molar-refractivity contribution in [3.05, 3.63) is 43.8 Å². The molecule has 0 amide bonds. The molecule has 7 nitrogen and oxygen atoms in total. The van der Waals surface area contributed by atoms with Crippen molar-refractivity contribution < 1.29 is 38.9 Å². The van der Waals surface area contributed by atoms with Crippen LogP contribution in [0.4, 0.5) is 26.3 Å². The molecule has 2 aromatic rings. The minimum absolute atomic E-state index is 0.107. The molecular formula is C12H3Cl2F6N3O4S. The van der Waals surface area contributed by atoms with E-state index in [2.05, 4.69) is 4.18 Å². The lowest BCUT2D eigenvalue weighted by Crippen LogP contribution is -2.26. The van der Waals surface area contributed by atoms with Crippen LogP contribution in [0.2, 0.25) is 10.0 Å². The van der Waals surface area contributed by atoms with Gasteiger partial charge in [0.2, 0.25) is 0 Å². The number of hydrogen-bond acceptors (Lipinski definition) is 5. The van der Waals surface area contributed by atoms with Crippen LogP contribution in [0, 0.1) is 11.3 Å². The third kappa shape index (κ3) is 4.27. The number of halogens is 8. The highest BCUT2D eigenvalue weighted by atomic mass is 35.5. The number of nitriles is 1. The largest absolute Gasteiger partial charge is 0.537 e. The van der Waals surface area contributed by atoms with Gasteiger partial charge in [0.05, 0.1) is 15.6 Å². The van der Waals surface area contributed by atoms with E-state index in [4.69, 9.17) is 28.5 Å². The number of benzene rings is 1. The summed E-state index contributed by atoms with van der Waals surface area (Å²) < 4.78 is 101. The molecule has 0 aliphatic rings. The van der Waals surface area contributed by atoms with E-state index in [1.54, 1.807) is 0 Å². The van der Waals surface area contributed by atoms with Crippen molar-refractivity contribution in [1.82, 2.24) is 9.78 Å². The maximum absolute atomic E-state index is 12.8. The van der Waals surface area contributed by atoms with Gasteiger partial charge in [0.1, 0.15) is 11.8 Å². The van der Waals surface area contributed by atoms with Crippen molar-refractivity contribution in [2.45, 2.75) is 17.4 Å². The molecule has 0 aliphatic heterocycles. The molecule has 1 N–H and O–H groups in total. The number of alkyl halides is 6. The zero-order chi connectivity index (χ0) is 21.7. The second kappa shape index (κ2) is 6.99. The molecule has 16 heteroatoms. The van der Waals surface area contributed by atoms with E-state index in [0.717, 1.165) is 6.07 Å². The van der Waals surface area contributed by atoms with Crippen molar-refractivity contribution >= 4 is 33.3 Å². The molecule has 2 rings (SSSR count). The van der Waals surface area contributed by atoms with E-state index < -0.39 is 60.1 Å². The maximum Gasteiger partial charge on any atom is 0.537 e. The molecule has 0 atom stereocenters. The van der Waals surface area contributed by atoms with Crippen LogP contribution in [-0.2, 0) is 20.5 Å². The van der Waals surface area contributed by atoms with E-state index >= 15 is 0 Å². The number of nitrogens with zero attached hydrogens (tertiary/aromatic N) is 2. The van der Waals surface area contributed by atoms with Crippen LogP contribution in [0.25, 0.3) is 5.69 Å². The molecule has 1 heterocycles. The highest BCUT2D eigenvalue weighted by Crippen LogP contribution is 2.37. The number of rotatable bonds is 3. The summed E-state index contributed by atoms with van der Waals surface area (Å²) in [5.41, 5.74) is -5.03. The van der Waals surface area contributed by atoms with Gasteiger partial charge in [-0.1, -0.05) is 23.2 Å². The Balaban J connectivity index is 2.77. The molecule has 0 saturated carbocycles. The Morgan fingerprint density at radius 3 is 2.00 bits per heavy atom. The standard InChI is InChI=1S/C12H3Cl2F6N3O4S/c13-5-1-4(11(15,16)17)2-6(14)8(5)23-10(24)9(7(3-21)22-23)28(25,26)27-12(18,19)20/h1-2,22H. The van der Waals surface area contributed by atoms with Gasteiger partial charge in [-0.15, -0.1) is 13.2 Å². The Labute approximate surface area is 160 Å². The lowest BCUT2D eigenvalue weighted by molar-refractivity contribution is -0.272. The lowest BCUT2D eigenvalue weighted by Gasteiger charge is -2.12. The first-order valence-electron chi connectivity index (χ1n) is 6.42. The van der Waals surface area contributed by atoms with E-state index in [9.17, 15) is 39.6 Å². The highest BCUT2D eigenvalue weighted by molar-refractivity contribution is 7.86. The first kappa shape index (κ1) is 22.1. The van der Waals surface area contributed by atoms with Crippen molar-refractivity contribution in [1.29, 1.82) is 5.26 Å². The van der Waals surface area contributed by atoms with E-state index in [1.165, 1.54) is 0 Å². The van der Waals surface area contributed by atoms with E-state index in [-0.39, 0.29) is 4.68 Å². The minimum atomic E-state index is -5.81. The second-order valence-electron chi connectivity index (χ2n) is 4.84. The molecule has 0 radical (unpaired) electrons. The van der Waals surface area contributed by atoms with Gasteiger partial charge in [-0.3, -0.25) is 9.89 Å². The summed E-state index contributed by atoms with van der Waals surface area (Å²) in [4.78, 5) is 10.5. The van der Waals surface area contributed by atoms with Crippen molar-refractivity contribution in [2.75, 3.05) is 0 Å². The first-order valence-corrected chi connectivity index (χ1v) is 8.59. The van der Waals surface area contributed by atoms with E-state index in [0.29, 0.717) is 12.1 Å². The summed E-state index contributed by atoms with van der Waals surface area (Å²) in [5.74, 6) is 0. The van der Waals surface area contributed by atoms with Crippen molar-refractivity contribution in [3.8, 4) is 11.8 Å². The fourth-order valence-corrected chi connectivity index (χ4v) is 3.63. The molecule has 1 aromatic heterocycles. The third-order valence-electron chi connectivity index (χ3n) is 2.98. The lowest BCUT2D eigenvalue weighted by atomic mass is 10.2. The summed E-state index contributed by atoms with van der Waals surface area (Å²) in [6, 6.07) is 1.80. The van der Waals surface area contributed by atoms with Gasteiger partial charge in [0, 0.05) is 0 Å². The summed E-state index contributed by atoms with van der Waals surface area (Å²) in [6.45, 7) is 0. The van der Waals surface area contributed by atoms with Gasteiger partial charge in [-0.25, -0.2) is 4.68 Å². The smallest absolute Gasteiger partial charge is 0.279 e. The number of hydrogen-bond donors (Lipinski definition) is 1. The quantitative estimate of drug-likeness (QED) is 0.546. The maximum atomic E-state index is 12.8. The van der Waals surface area contributed by atoms with Crippen molar-refractivity contribution in [3.63, 3.8) is 0 Å². The molecule has 28 heavy (non-hydrogen) atoms. The molecule has 0 saturated heterocycles. The third-order valence-corrected chi connectivity index (χ3v) is 4.85. The molecule has 0 unspecified atom stereocenters. The molecular weight excluding hydrogens is 467 g/mol. The fraction of sp³-hybridized carbons (Fsp3) is 0.167. The Morgan fingerprint density at radius 2 is 1.61 bits per heavy atom. The zero-order valence-electron chi connectivity index (χ0n) is 12.6. The van der Waals surface area contributed by atoms with Crippen LogP contribution in [0.15, 0.2) is 21.8 Å². The van der Waals surface area contributed by atoms with Crippen LogP contribution in [0.3, 0.4) is 0 Å². The Kier molecular flexibility index (Phi) is 5.52. The van der Waals surface area contributed by atoms with Crippen molar-refractivity contribution in [2.24, 2.45) is 0 Å². The Morgan fingerprint density at radius 1 is 1.11 bits per heavy atom. The SMILES string of the molecule is N#Cc1[nH]n(-c2c(Cl)cc(C(F)(F)F)cc2Cl)c(=O)c1S(=O)(=O)OC(F)(F)F. The number of nitrogens with one attached hydrogen (secondary N) is 1. The minimum Gasteiger partial charge on any atom is -0.279 e. The fourth-order valence-electron chi connectivity index (χ4n) is 2.00. The topological polar surface area (TPSA) is 105 Å². The van der Waals surface area contributed by atoms with Gasteiger partial charge in [-0.2, -0.15) is 31.0 Å². The second-order valence-corrected chi connectivity index (χ2v) is 7.14. The highest BCUT2D eigenvalue weighted by Gasteiger charge is 2.41. The number of H-pyrrole nitrogens is 1. The van der Waals surface area contributed by atoms with Crippen LogP contribution in [-0.4, -0.2) is 24.6 Å². The van der Waals surface area contributed by atoms with E-state index in [1.807, 2.05) is 5.10 Å². The summed E-state index contributed by atoms with van der Waals surface area (Å²) in [7, 11) is -5.81. The Bertz CT molecular complexity index is 1120. The number of aromatic nitrogens is 2. The number of aromatic amines is 1. The van der Waals surface area contributed by atoms with Gasteiger partial charge in [-0.05, 0) is 12.1 Å². The summed E-state index contributed by atoms with van der Waals surface area (Å²) in [6.07, 6.45) is -10.6. The summed E-state index contributed by atoms with van der Waals surface area (Å²) in [5, 5.41) is 9.10. The van der Waals surface area contributed by atoms with Crippen LogP contribution >= 0.6 is 23.2 Å². The first-order chi connectivity index (χ1) is 12.6. The van der Waals surface area contributed by atoms with Gasteiger partial charge in [0.25, 0.3) is 5.56 Å². The molecule has 1 aromatic carbocycles. The molecule has 0 bridgehead atoms. The summed E-state index contributed by atoms with van der Waals surface area (Å²) >= 11 is 11.3. The van der Waals surface area contributed by atoms with Gasteiger partial charge >= 0.3 is 22.7 Å².